The number of amides is 1. The van der Waals surface area contributed by atoms with E-state index < -0.39 is 0 Å². The summed E-state index contributed by atoms with van der Waals surface area (Å²) in [6.45, 7) is 2.74. The number of carbonyl (C=O) groups is 2. The van der Waals surface area contributed by atoms with Crippen molar-refractivity contribution in [2.24, 2.45) is 5.92 Å². The fraction of sp³-hybridized carbons (Fsp3) is 0.846. The molecule has 0 aromatic carbocycles. The highest BCUT2D eigenvalue weighted by Gasteiger charge is 2.23. The third-order valence-electron chi connectivity index (χ3n) is 3.33. The maximum absolute atomic E-state index is 12.1. The predicted octanol–water partition coefficient (Wildman–Crippen LogP) is 1.98. The van der Waals surface area contributed by atoms with Gasteiger partial charge in [0.2, 0.25) is 5.91 Å². The standard InChI is InChI=1S/C13H23NO3/c1-3-8-14(10-13(16)17-2)12(15)9-11-6-4-5-7-11/h11H,3-10H2,1-2H3. The Kier molecular flexibility index (Phi) is 6.01. The molecule has 0 bridgehead atoms. The molecule has 0 aliphatic heterocycles. The monoisotopic (exact) mass is 241 g/mol. The minimum Gasteiger partial charge on any atom is -0.468 e. The van der Waals surface area contributed by atoms with Crippen molar-refractivity contribution < 1.29 is 14.3 Å². The Morgan fingerprint density at radius 3 is 2.47 bits per heavy atom. The van der Waals surface area contributed by atoms with Crippen molar-refractivity contribution >= 4 is 11.9 Å². The first kappa shape index (κ1) is 14.0. The van der Waals surface area contributed by atoms with Gasteiger partial charge in [0.15, 0.2) is 0 Å². The molecular weight excluding hydrogens is 218 g/mol. The molecular formula is C13H23NO3. The smallest absolute Gasteiger partial charge is 0.325 e. The van der Waals surface area contributed by atoms with Gasteiger partial charge in [-0.1, -0.05) is 19.8 Å². The molecule has 0 unspecified atom stereocenters. The van der Waals surface area contributed by atoms with E-state index >= 15 is 0 Å². The summed E-state index contributed by atoms with van der Waals surface area (Å²) in [6.07, 6.45) is 6.25. The fourth-order valence-electron chi connectivity index (χ4n) is 2.37. The van der Waals surface area contributed by atoms with E-state index in [4.69, 9.17) is 0 Å². The second kappa shape index (κ2) is 7.30. The highest BCUT2D eigenvalue weighted by Crippen LogP contribution is 2.28. The van der Waals surface area contributed by atoms with Gasteiger partial charge in [-0.2, -0.15) is 0 Å². The van der Waals surface area contributed by atoms with Crippen LogP contribution in [0, 0.1) is 5.92 Å². The van der Waals surface area contributed by atoms with Crippen LogP contribution >= 0.6 is 0 Å². The number of nitrogens with zero attached hydrogens (tertiary/aromatic N) is 1. The van der Waals surface area contributed by atoms with Crippen molar-refractivity contribution in [2.45, 2.75) is 45.4 Å². The normalized spacial score (nSPS) is 15.9. The zero-order chi connectivity index (χ0) is 12.7. The third-order valence-corrected chi connectivity index (χ3v) is 3.33. The third kappa shape index (κ3) is 4.75. The van der Waals surface area contributed by atoms with Gasteiger partial charge in [0.1, 0.15) is 6.54 Å². The highest BCUT2D eigenvalue weighted by molar-refractivity contribution is 5.82. The Labute approximate surface area is 103 Å². The van der Waals surface area contributed by atoms with Crippen molar-refractivity contribution in [2.75, 3.05) is 20.2 Å². The van der Waals surface area contributed by atoms with Gasteiger partial charge in [0.05, 0.1) is 7.11 Å². The highest BCUT2D eigenvalue weighted by atomic mass is 16.5. The molecule has 0 aromatic heterocycles. The van der Waals surface area contributed by atoms with Gasteiger partial charge >= 0.3 is 5.97 Å². The Morgan fingerprint density at radius 1 is 1.29 bits per heavy atom. The van der Waals surface area contributed by atoms with E-state index in [9.17, 15) is 9.59 Å². The Balaban J connectivity index is 2.43. The van der Waals surface area contributed by atoms with Crippen LogP contribution in [0.5, 0.6) is 0 Å². The summed E-state index contributed by atoms with van der Waals surface area (Å²) in [5.41, 5.74) is 0. The summed E-state index contributed by atoms with van der Waals surface area (Å²) < 4.78 is 4.61. The number of hydrogen-bond donors (Lipinski definition) is 0. The molecule has 0 N–H and O–H groups in total. The molecule has 1 aliphatic rings. The average Bonchev–Trinajstić information content (AvgIpc) is 2.81. The summed E-state index contributed by atoms with van der Waals surface area (Å²) in [6, 6.07) is 0. The SMILES string of the molecule is CCCN(CC(=O)OC)C(=O)CC1CCCC1. The summed E-state index contributed by atoms with van der Waals surface area (Å²) in [4.78, 5) is 24.9. The number of hydrogen-bond acceptors (Lipinski definition) is 3. The molecule has 1 rings (SSSR count). The first-order chi connectivity index (χ1) is 8.17. The second-order valence-corrected chi connectivity index (χ2v) is 4.75. The summed E-state index contributed by atoms with van der Waals surface area (Å²) in [7, 11) is 1.36. The first-order valence-corrected chi connectivity index (χ1v) is 6.52. The molecule has 0 spiro atoms. The van der Waals surface area contributed by atoms with Crippen LogP contribution in [0.25, 0.3) is 0 Å². The quantitative estimate of drug-likeness (QED) is 0.668. The predicted molar refractivity (Wildman–Crippen MR) is 65.5 cm³/mol. The van der Waals surface area contributed by atoms with Gasteiger partial charge in [0.25, 0.3) is 0 Å². The molecule has 0 heterocycles. The number of methoxy groups -OCH3 is 1. The topological polar surface area (TPSA) is 46.6 Å². The van der Waals surface area contributed by atoms with E-state index in [1.54, 1.807) is 4.90 Å². The lowest BCUT2D eigenvalue weighted by Gasteiger charge is -2.22. The van der Waals surface area contributed by atoms with Crippen LogP contribution < -0.4 is 0 Å². The molecule has 4 nitrogen and oxygen atoms in total. The molecule has 1 aliphatic carbocycles. The lowest BCUT2D eigenvalue weighted by atomic mass is 10.0. The Hall–Kier alpha value is -1.06. The van der Waals surface area contributed by atoms with Crippen LogP contribution in [0.2, 0.25) is 0 Å². The number of ether oxygens (including phenoxy) is 1. The molecule has 0 saturated heterocycles. The van der Waals surface area contributed by atoms with Crippen LogP contribution in [-0.4, -0.2) is 37.0 Å². The second-order valence-electron chi connectivity index (χ2n) is 4.75. The maximum atomic E-state index is 12.1. The fourth-order valence-corrected chi connectivity index (χ4v) is 2.37. The average molecular weight is 241 g/mol. The molecule has 17 heavy (non-hydrogen) atoms. The van der Waals surface area contributed by atoms with Crippen LogP contribution in [0.4, 0.5) is 0 Å². The molecule has 1 saturated carbocycles. The van der Waals surface area contributed by atoms with Crippen LogP contribution in [-0.2, 0) is 14.3 Å². The van der Waals surface area contributed by atoms with E-state index in [0.29, 0.717) is 18.9 Å². The largest absolute Gasteiger partial charge is 0.468 e. The number of rotatable bonds is 6. The molecule has 0 atom stereocenters. The number of carbonyl (C=O) groups excluding carboxylic acids is 2. The molecule has 1 fully saturated rings. The zero-order valence-electron chi connectivity index (χ0n) is 10.9. The van der Waals surface area contributed by atoms with Gasteiger partial charge in [-0.05, 0) is 25.2 Å². The lowest BCUT2D eigenvalue weighted by Crippen LogP contribution is -2.37. The number of esters is 1. The molecule has 4 heteroatoms. The lowest BCUT2D eigenvalue weighted by molar-refractivity contribution is -0.147. The van der Waals surface area contributed by atoms with Crippen molar-refractivity contribution in [3.63, 3.8) is 0 Å². The molecule has 0 radical (unpaired) electrons. The van der Waals surface area contributed by atoms with Crippen LogP contribution in [0.3, 0.4) is 0 Å². The van der Waals surface area contributed by atoms with Gasteiger partial charge in [-0.15, -0.1) is 0 Å². The van der Waals surface area contributed by atoms with Gasteiger partial charge in [-0.3, -0.25) is 9.59 Å². The Bertz CT molecular complexity index is 259. The van der Waals surface area contributed by atoms with Crippen LogP contribution in [0.1, 0.15) is 45.4 Å². The van der Waals surface area contributed by atoms with E-state index in [2.05, 4.69) is 4.74 Å². The molecule has 0 aromatic rings. The van der Waals surface area contributed by atoms with E-state index in [0.717, 1.165) is 19.3 Å². The van der Waals surface area contributed by atoms with Gasteiger partial charge < -0.3 is 9.64 Å². The maximum Gasteiger partial charge on any atom is 0.325 e. The van der Waals surface area contributed by atoms with Crippen LogP contribution in [0.15, 0.2) is 0 Å². The van der Waals surface area contributed by atoms with E-state index in [-0.39, 0.29) is 18.4 Å². The minimum absolute atomic E-state index is 0.0931. The first-order valence-electron chi connectivity index (χ1n) is 6.52. The Morgan fingerprint density at radius 2 is 1.94 bits per heavy atom. The van der Waals surface area contributed by atoms with Crippen molar-refractivity contribution in [1.82, 2.24) is 4.90 Å². The van der Waals surface area contributed by atoms with Crippen molar-refractivity contribution in [1.29, 1.82) is 0 Å². The molecule has 98 valence electrons. The van der Waals surface area contributed by atoms with E-state index in [1.807, 2.05) is 6.92 Å². The van der Waals surface area contributed by atoms with E-state index in [1.165, 1.54) is 20.0 Å². The summed E-state index contributed by atoms with van der Waals surface area (Å²) >= 11 is 0. The molecule has 1 amide bonds. The van der Waals surface area contributed by atoms with Crippen molar-refractivity contribution in [3.8, 4) is 0 Å². The van der Waals surface area contributed by atoms with Crippen molar-refractivity contribution in [3.05, 3.63) is 0 Å². The zero-order valence-corrected chi connectivity index (χ0v) is 10.9. The summed E-state index contributed by atoms with van der Waals surface area (Å²) in [5, 5.41) is 0. The minimum atomic E-state index is -0.335. The summed E-state index contributed by atoms with van der Waals surface area (Å²) in [5.74, 6) is 0.293. The van der Waals surface area contributed by atoms with Gasteiger partial charge in [-0.25, -0.2) is 0 Å². The van der Waals surface area contributed by atoms with Gasteiger partial charge in [0, 0.05) is 13.0 Å².